The van der Waals surface area contributed by atoms with Gasteiger partial charge in [-0.1, -0.05) is 37.6 Å². The van der Waals surface area contributed by atoms with Gasteiger partial charge in [-0.3, -0.25) is 19.3 Å². The van der Waals surface area contributed by atoms with Crippen LogP contribution in [0.3, 0.4) is 0 Å². The third-order valence-corrected chi connectivity index (χ3v) is 4.37. The van der Waals surface area contributed by atoms with E-state index in [0.717, 1.165) is 4.90 Å². The van der Waals surface area contributed by atoms with Crippen molar-refractivity contribution in [3.8, 4) is 0 Å². The molecule has 1 N–H and O–H groups in total. The third kappa shape index (κ3) is 3.15. The van der Waals surface area contributed by atoms with Gasteiger partial charge in [-0.2, -0.15) is 0 Å². The molecule has 0 spiro atoms. The van der Waals surface area contributed by atoms with E-state index in [-0.39, 0.29) is 5.92 Å². The summed E-state index contributed by atoms with van der Waals surface area (Å²) in [5.41, 5.74) is 1.21. The van der Waals surface area contributed by atoms with Gasteiger partial charge >= 0.3 is 0 Å². The van der Waals surface area contributed by atoms with Crippen LogP contribution in [-0.4, -0.2) is 28.7 Å². The molecule has 0 fully saturated rings. The van der Waals surface area contributed by atoms with E-state index in [1.54, 1.807) is 62.4 Å². The van der Waals surface area contributed by atoms with Gasteiger partial charge in [-0.25, -0.2) is 0 Å². The summed E-state index contributed by atoms with van der Waals surface area (Å²) in [4.78, 5) is 39.2. The minimum absolute atomic E-state index is 0.241. The molecule has 0 saturated heterocycles. The van der Waals surface area contributed by atoms with E-state index in [0.29, 0.717) is 21.8 Å². The van der Waals surface area contributed by atoms with Crippen molar-refractivity contribution in [1.82, 2.24) is 4.90 Å². The highest BCUT2D eigenvalue weighted by molar-refractivity contribution is 6.30. The molecule has 0 aromatic heterocycles. The summed E-state index contributed by atoms with van der Waals surface area (Å²) >= 11 is 5.84. The average Bonchev–Trinajstić information content (AvgIpc) is 2.83. The minimum Gasteiger partial charge on any atom is -0.324 e. The van der Waals surface area contributed by atoms with Crippen LogP contribution in [0, 0.1) is 5.92 Å². The van der Waals surface area contributed by atoms with Crippen LogP contribution in [0.25, 0.3) is 0 Å². The number of hydrogen-bond acceptors (Lipinski definition) is 3. The normalized spacial score (nSPS) is 14.6. The van der Waals surface area contributed by atoms with Crippen molar-refractivity contribution in [2.75, 3.05) is 5.32 Å². The molecule has 25 heavy (non-hydrogen) atoms. The second kappa shape index (κ2) is 6.69. The van der Waals surface area contributed by atoms with E-state index in [1.165, 1.54) is 0 Å². The Morgan fingerprint density at radius 2 is 1.48 bits per heavy atom. The van der Waals surface area contributed by atoms with E-state index >= 15 is 0 Å². The molecule has 128 valence electrons. The molecule has 5 nitrogen and oxygen atoms in total. The van der Waals surface area contributed by atoms with Crippen LogP contribution < -0.4 is 5.32 Å². The Morgan fingerprint density at radius 3 is 1.96 bits per heavy atom. The van der Waals surface area contributed by atoms with Gasteiger partial charge in [0.15, 0.2) is 0 Å². The first kappa shape index (κ1) is 17.2. The maximum absolute atomic E-state index is 12.8. The second-order valence-electron chi connectivity index (χ2n) is 6.21. The predicted molar refractivity (Wildman–Crippen MR) is 95.6 cm³/mol. The lowest BCUT2D eigenvalue weighted by atomic mass is 10.0. The van der Waals surface area contributed by atoms with Gasteiger partial charge in [0.05, 0.1) is 11.1 Å². The number of imide groups is 1. The van der Waals surface area contributed by atoms with Crippen LogP contribution in [-0.2, 0) is 4.79 Å². The van der Waals surface area contributed by atoms with Crippen molar-refractivity contribution in [2.45, 2.75) is 19.9 Å². The van der Waals surface area contributed by atoms with Crippen LogP contribution >= 0.6 is 11.6 Å². The zero-order valence-corrected chi connectivity index (χ0v) is 14.6. The van der Waals surface area contributed by atoms with Gasteiger partial charge in [0.1, 0.15) is 6.04 Å². The molecule has 1 aliphatic heterocycles. The molecule has 0 bridgehead atoms. The molecule has 6 heteroatoms. The van der Waals surface area contributed by atoms with E-state index in [2.05, 4.69) is 5.32 Å². The molecule has 0 radical (unpaired) electrons. The molecule has 1 heterocycles. The Kier molecular flexibility index (Phi) is 4.59. The first-order valence-corrected chi connectivity index (χ1v) is 8.31. The number of nitrogens with zero attached hydrogens (tertiary/aromatic N) is 1. The Morgan fingerprint density at radius 1 is 0.960 bits per heavy atom. The first-order valence-electron chi connectivity index (χ1n) is 7.93. The average molecular weight is 357 g/mol. The molecular weight excluding hydrogens is 340 g/mol. The van der Waals surface area contributed by atoms with E-state index in [1.807, 2.05) is 0 Å². The smallest absolute Gasteiger partial charge is 0.262 e. The van der Waals surface area contributed by atoms with Crippen LogP contribution in [0.5, 0.6) is 0 Å². The van der Waals surface area contributed by atoms with Crippen LogP contribution in [0.1, 0.15) is 34.6 Å². The summed E-state index contributed by atoms with van der Waals surface area (Å²) in [7, 11) is 0. The van der Waals surface area contributed by atoms with Gasteiger partial charge in [0, 0.05) is 10.7 Å². The second-order valence-corrected chi connectivity index (χ2v) is 6.65. The van der Waals surface area contributed by atoms with Crippen molar-refractivity contribution in [2.24, 2.45) is 5.92 Å². The van der Waals surface area contributed by atoms with E-state index in [9.17, 15) is 14.4 Å². The largest absolute Gasteiger partial charge is 0.324 e. The number of benzene rings is 2. The fourth-order valence-electron chi connectivity index (χ4n) is 2.93. The number of fused-ring (bicyclic) bond motifs is 1. The van der Waals surface area contributed by atoms with Crippen molar-refractivity contribution in [1.29, 1.82) is 0 Å². The highest BCUT2D eigenvalue weighted by Gasteiger charge is 2.43. The highest BCUT2D eigenvalue weighted by atomic mass is 35.5. The number of carbonyl (C=O) groups excluding carboxylic acids is 3. The quantitative estimate of drug-likeness (QED) is 0.851. The van der Waals surface area contributed by atoms with Gasteiger partial charge < -0.3 is 5.32 Å². The lowest BCUT2D eigenvalue weighted by Crippen LogP contribution is -2.50. The number of amides is 3. The van der Waals surface area contributed by atoms with E-state index in [4.69, 9.17) is 11.6 Å². The zero-order valence-electron chi connectivity index (χ0n) is 13.8. The topological polar surface area (TPSA) is 66.5 Å². The van der Waals surface area contributed by atoms with Crippen molar-refractivity contribution in [3.63, 3.8) is 0 Å². The molecule has 0 saturated carbocycles. The predicted octanol–water partition coefficient (Wildman–Crippen LogP) is 3.60. The number of nitrogens with one attached hydrogen (secondary N) is 1. The van der Waals surface area contributed by atoms with Crippen molar-refractivity contribution >= 4 is 35.0 Å². The molecular formula is C19H17ClN2O3. The van der Waals surface area contributed by atoms with E-state index < -0.39 is 23.8 Å². The molecule has 2 aromatic rings. The lowest BCUT2D eigenvalue weighted by molar-refractivity contribution is -0.121. The molecule has 2 aromatic carbocycles. The molecule has 1 aliphatic rings. The standard InChI is InChI=1S/C19H17ClN2O3/c1-11(2)16(17(23)21-13-9-7-12(20)8-10-13)22-18(24)14-5-3-4-6-15(14)19(22)25/h3-11,16H,1-2H3,(H,21,23). The maximum atomic E-state index is 12.8. The monoisotopic (exact) mass is 356 g/mol. The summed E-state index contributed by atoms with van der Waals surface area (Å²) in [6.07, 6.45) is 0. The van der Waals surface area contributed by atoms with Crippen LogP contribution in [0.15, 0.2) is 48.5 Å². The number of hydrogen-bond donors (Lipinski definition) is 1. The van der Waals surface area contributed by atoms with Gasteiger partial charge in [-0.15, -0.1) is 0 Å². The molecule has 1 unspecified atom stereocenters. The molecule has 1 atom stereocenters. The summed E-state index contributed by atoms with van der Waals surface area (Å²) in [6.45, 7) is 3.60. The molecule has 3 rings (SSSR count). The highest BCUT2D eigenvalue weighted by Crippen LogP contribution is 2.28. The summed E-state index contributed by atoms with van der Waals surface area (Å²) in [5.74, 6) is -1.53. The lowest BCUT2D eigenvalue weighted by Gasteiger charge is -2.28. The van der Waals surface area contributed by atoms with Gasteiger partial charge in [0.25, 0.3) is 11.8 Å². The number of rotatable bonds is 4. The molecule has 0 aliphatic carbocycles. The minimum atomic E-state index is -0.900. The summed E-state index contributed by atoms with van der Waals surface area (Å²) in [6, 6.07) is 12.3. The van der Waals surface area contributed by atoms with Gasteiger partial charge in [-0.05, 0) is 42.3 Å². The van der Waals surface area contributed by atoms with Crippen molar-refractivity contribution in [3.05, 3.63) is 64.7 Å². The summed E-state index contributed by atoms with van der Waals surface area (Å²) in [5, 5.41) is 3.31. The number of anilines is 1. The fraction of sp³-hybridized carbons (Fsp3) is 0.211. The SMILES string of the molecule is CC(C)C(C(=O)Nc1ccc(Cl)cc1)N1C(=O)c2ccccc2C1=O. The third-order valence-electron chi connectivity index (χ3n) is 4.12. The van der Waals surface area contributed by atoms with Crippen LogP contribution in [0.4, 0.5) is 5.69 Å². The number of carbonyl (C=O) groups is 3. The Hall–Kier alpha value is -2.66. The Balaban J connectivity index is 1.89. The molecule has 3 amide bonds. The first-order chi connectivity index (χ1) is 11.9. The zero-order chi connectivity index (χ0) is 18.1. The Labute approximate surface area is 150 Å². The Bertz CT molecular complexity index is 811. The maximum Gasteiger partial charge on any atom is 0.262 e. The van der Waals surface area contributed by atoms with Crippen LogP contribution in [0.2, 0.25) is 5.02 Å². The van der Waals surface area contributed by atoms with Crippen molar-refractivity contribution < 1.29 is 14.4 Å². The number of halogens is 1. The summed E-state index contributed by atoms with van der Waals surface area (Å²) < 4.78 is 0. The fourth-order valence-corrected chi connectivity index (χ4v) is 3.05. The van der Waals surface area contributed by atoms with Gasteiger partial charge in [0.2, 0.25) is 5.91 Å².